The fourth-order valence-electron chi connectivity index (χ4n) is 1.33. The van der Waals surface area contributed by atoms with E-state index >= 15 is 0 Å². The predicted octanol–water partition coefficient (Wildman–Crippen LogP) is 4.07. The van der Waals surface area contributed by atoms with Crippen molar-refractivity contribution in [3.63, 3.8) is 0 Å². The molecule has 1 atom stereocenters. The maximum Gasteiger partial charge on any atom is 0.0689 e. The third kappa shape index (κ3) is 3.48. The first-order chi connectivity index (χ1) is 5.30. The fraction of sp³-hybridized carbons (Fsp3) is 0.778. The van der Waals surface area contributed by atoms with E-state index in [0.29, 0.717) is 0 Å². The van der Waals surface area contributed by atoms with Crippen molar-refractivity contribution in [2.75, 3.05) is 0 Å². The highest BCUT2D eigenvalue weighted by atomic mass is 35.5. The second kappa shape index (κ2) is 5.05. The molecule has 0 saturated carbocycles. The zero-order valence-electron chi connectivity index (χ0n) is 6.65. The Labute approximate surface area is 78.6 Å². The number of halogens is 2. The van der Waals surface area contributed by atoms with Gasteiger partial charge in [0.2, 0.25) is 0 Å². The van der Waals surface area contributed by atoms with Crippen LogP contribution in [0.1, 0.15) is 38.5 Å². The molecule has 0 bridgehead atoms. The van der Waals surface area contributed by atoms with Gasteiger partial charge in [-0.1, -0.05) is 36.9 Å². The lowest BCUT2D eigenvalue weighted by Crippen LogP contribution is -1.97. The Hall–Kier alpha value is 0.320. The van der Waals surface area contributed by atoms with E-state index in [-0.39, 0.29) is 5.38 Å². The number of hydrogen-bond acceptors (Lipinski definition) is 0. The molecular weight excluding hydrogens is 179 g/mol. The van der Waals surface area contributed by atoms with Crippen molar-refractivity contribution in [2.24, 2.45) is 0 Å². The predicted molar refractivity (Wildman–Crippen MR) is 51.3 cm³/mol. The molecule has 2 heteroatoms. The summed E-state index contributed by atoms with van der Waals surface area (Å²) in [4.78, 5) is 0. The van der Waals surface area contributed by atoms with Crippen molar-refractivity contribution in [3.8, 4) is 0 Å². The third-order valence-corrected chi connectivity index (χ3v) is 3.03. The molecule has 1 unspecified atom stereocenters. The summed E-state index contributed by atoms with van der Waals surface area (Å²) in [6, 6.07) is 0. The van der Waals surface area contributed by atoms with Crippen LogP contribution in [0.25, 0.3) is 0 Å². The van der Waals surface area contributed by atoms with Gasteiger partial charge in [0.1, 0.15) is 0 Å². The van der Waals surface area contributed by atoms with Gasteiger partial charge >= 0.3 is 0 Å². The average molecular weight is 193 g/mol. The van der Waals surface area contributed by atoms with E-state index in [1.54, 1.807) is 0 Å². The molecule has 0 fully saturated rings. The van der Waals surface area contributed by atoms with E-state index in [9.17, 15) is 0 Å². The Balaban J connectivity index is 2.44. The highest BCUT2D eigenvalue weighted by Gasteiger charge is 2.09. The fourth-order valence-corrected chi connectivity index (χ4v) is 1.79. The van der Waals surface area contributed by atoms with Crippen LogP contribution in [0.3, 0.4) is 0 Å². The first kappa shape index (κ1) is 9.41. The van der Waals surface area contributed by atoms with Gasteiger partial charge in [0.15, 0.2) is 0 Å². The van der Waals surface area contributed by atoms with Crippen LogP contribution in [0.2, 0.25) is 0 Å². The van der Waals surface area contributed by atoms with Crippen LogP contribution in [0.4, 0.5) is 0 Å². The van der Waals surface area contributed by atoms with Gasteiger partial charge in [0.05, 0.1) is 5.38 Å². The molecular formula is C9H14Cl2. The Morgan fingerprint density at radius 3 is 2.73 bits per heavy atom. The second-order valence-corrected chi connectivity index (χ2v) is 4.01. The molecule has 0 N–H and O–H groups in total. The standard InChI is InChI=1S/C9H14Cl2/c10-8-6-4-2-1-3-5-7-9(8)11/h6,9H,1-5,7H2/b8-6+. The molecule has 0 aliphatic heterocycles. The quantitative estimate of drug-likeness (QED) is 0.508. The normalized spacial score (nSPS) is 32.9. The molecule has 0 saturated heterocycles. The van der Waals surface area contributed by atoms with E-state index in [2.05, 4.69) is 6.08 Å². The Bertz CT molecular complexity index is 140. The molecule has 0 nitrogen and oxygen atoms in total. The summed E-state index contributed by atoms with van der Waals surface area (Å²) in [7, 11) is 0. The van der Waals surface area contributed by atoms with Gasteiger partial charge in [-0.15, -0.1) is 11.6 Å². The summed E-state index contributed by atoms with van der Waals surface area (Å²) in [6.07, 6.45) is 9.33. The van der Waals surface area contributed by atoms with Gasteiger partial charge in [-0.05, 0) is 19.3 Å². The van der Waals surface area contributed by atoms with E-state index in [1.165, 1.54) is 25.7 Å². The van der Waals surface area contributed by atoms with E-state index < -0.39 is 0 Å². The molecule has 0 radical (unpaired) electrons. The molecule has 1 aliphatic rings. The maximum atomic E-state index is 6.02. The monoisotopic (exact) mass is 192 g/mol. The lowest BCUT2D eigenvalue weighted by Gasteiger charge is -2.05. The Kier molecular flexibility index (Phi) is 4.32. The van der Waals surface area contributed by atoms with Crippen LogP contribution in [0.5, 0.6) is 0 Å². The van der Waals surface area contributed by atoms with Crippen molar-refractivity contribution in [1.82, 2.24) is 0 Å². The third-order valence-electron chi connectivity index (χ3n) is 2.05. The molecule has 64 valence electrons. The first-order valence-electron chi connectivity index (χ1n) is 4.30. The van der Waals surface area contributed by atoms with Crippen LogP contribution in [-0.2, 0) is 0 Å². The number of allylic oxidation sites excluding steroid dienone is 2. The molecule has 0 heterocycles. The number of hydrogen-bond donors (Lipinski definition) is 0. The highest BCUT2D eigenvalue weighted by Crippen LogP contribution is 2.23. The number of rotatable bonds is 0. The van der Waals surface area contributed by atoms with Crippen LogP contribution in [0, 0.1) is 0 Å². The van der Waals surface area contributed by atoms with E-state index in [0.717, 1.165) is 17.9 Å². The zero-order valence-corrected chi connectivity index (χ0v) is 8.17. The molecule has 1 aliphatic carbocycles. The van der Waals surface area contributed by atoms with Crippen LogP contribution in [0.15, 0.2) is 11.1 Å². The van der Waals surface area contributed by atoms with Crippen molar-refractivity contribution in [1.29, 1.82) is 0 Å². The largest absolute Gasteiger partial charge is 0.117 e. The molecule has 0 aromatic rings. The topological polar surface area (TPSA) is 0 Å². The molecule has 0 aromatic heterocycles. The van der Waals surface area contributed by atoms with Gasteiger partial charge in [0, 0.05) is 5.03 Å². The van der Waals surface area contributed by atoms with Crippen molar-refractivity contribution in [3.05, 3.63) is 11.1 Å². The summed E-state index contributed by atoms with van der Waals surface area (Å²) in [6.45, 7) is 0. The minimum Gasteiger partial charge on any atom is -0.117 e. The van der Waals surface area contributed by atoms with E-state index in [4.69, 9.17) is 23.2 Å². The van der Waals surface area contributed by atoms with Crippen molar-refractivity contribution < 1.29 is 0 Å². The zero-order chi connectivity index (χ0) is 8.10. The summed E-state index contributed by atoms with van der Waals surface area (Å²) in [5.74, 6) is 0. The highest BCUT2D eigenvalue weighted by molar-refractivity contribution is 6.37. The van der Waals surface area contributed by atoms with Gasteiger partial charge in [0.25, 0.3) is 0 Å². The van der Waals surface area contributed by atoms with Gasteiger partial charge in [-0.3, -0.25) is 0 Å². The molecule has 0 aromatic carbocycles. The average Bonchev–Trinajstić information content (AvgIpc) is 2.07. The maximum absolute atomic E-state index is 6.02. The summed E-state index contributed by atoms with van der Waals surface area (Å²) in [5, 5.41) is 0.934. The SMILES string of the molecule is Cl/C1=C/CCCCCCC1Cl. The second-order valence-electron chi connectivity index (χ2n) is 3.05. The van der Waals surface area contributed by atoms with Crippen molar-refractivity contribution >= 4 is 23.2 Å². The smallest absolute Gasteiger partial charge is 0.0689 e. The number of alkyl halides is 1. The molecule has 1 rings (SSSR count). The minimum absolute atomic E-state index is 0.0785. The first-order valence-corrected chi connectivity index (χ1v) is 5.12. The van der Waals surface area contributed by atoms with Gasteiger partial charge < -0.3 is 0 Å². The molecule has 0 spiro atoms. The van der Waals surface area contributed by atoms with Gasteiger partial charge in [-0.25, -0.2) is 0 Å². The molecule has 11 heavy (non-hydrogen) atoms. The summed E-state index contributed by atoms with van der Waals surface area (Å²) in [5.41, 5.74) is 0. The lowest BCUT2D eigenvalue weighted by atomic mass is 10.1. The van der Waals surface area contributed by atoms with E-state index in [1.807, 2.05) is 0 Å². The summed E-state index contributed by atoms with van der Waals surface area (Å²) >= 11 is 12.0. The van der Waals surface area contributed by atoms with Crippen LogP contribution in [-0.4, -0.2) is 5.38 Å². The molecule has 0 amide bonds. The van der Waals surface area contributed by atoms with Crippen LogP contribution >= 0.6 is 23.2 Å². The Morgan fingerprint density at radius 2 is 1.91 bits per heavy atom. The van der Waals surface area contributed by atoms with Crippen molar-refractivity contribution in [2.45, 2.75) is 43.9 Å². The van der Waals surface area contributed by atoms with Crippen LogP contribution < -0.4 is 0 Å². The lowest BCUT2D eigenvalue weighted by molar-refractivity contribution is 0.633. The summed E-state index contributed by atoms with van der Waals surface area (Å²) < 4.78 is 0. The Morgan fingerprint density at radius 1 is 1.18 bits per heavy atom. The van der Waals surface area contributed by atoms with Gasteiger partial charge in [-0.2, -0.15) is 0 Å². The minimum atomic E-state index is 0.0785.